The summed E-state index contributed by atoms with van der Waals surface area (Å²) in [5, 5.41) is 19.6. The van der Waals surface area contributed by atoms with Gasteiger partial charge in [0.25, 0.3) is 0 Å². The third-order valence-corrected chi connectivity index (χ3v) is 4.49. The largest absolute Gasteiger partial charge is 0.507 e. The zero-order chi connectivity index (χ0) is 17.4. The number of hydrogen-bond donors (Lipinski definition) is 2. The molecule has 1 saturated heterocycles. The van der Waals surface area contributed by atoms with Gasteiger partial charge in [0.05, 0.1) is 23.4 Å². The first-order valence-electron chi connectivity index (χ1n) is 7.58. The van der Waals surface area contributed by atoms with Gasteiger partial charge in [-0.05, 0) is 57.8 Å². The Balaban J connectivity index is 2.30. The van der Waals surface area contributed by atoms with Crippen molar-refractivity contribution in [2.45, 2.75) is 45.8 Å². The van der Waals surface area contributed by atoms with Crippen LogP contribution in [0.25, 0.3) is 6.08 Å². The number of rotatable bonds is 4. The van der Waals surface area contributed by atoms with E-state index in [0.717, 1.165) is 0 Å². The van der Waals surface area contributed by atoms with Crippen molar-refractivity contribution >= 4 is 19.0 Å². The molecule has 1 aromatic carbocycles. The number of aliphatic hydroxyl groups is 1. The number of aromatic hydroxyl groups is 1. The van der Waals surface area contributed by atoms with Crippen molar-refractivity contribution in [2.75, 3.05) is 6.61 Å². The van der Waals surface area contributed by atoms with Gasteiger partial charge in [0.2, 0.25) is 0 Å². The lowest BCUT2D eigenvalue weighted by Crippen LogP contribution is -2.41. The highest BCUT2D eigenvalue weighted by Gasteiger charge is 2.52. The maximum absolute atomic E-state index is 11.4. The molecule has 1 aliphatic rings. The zero-order valence-corrected chi connectivity index (χ0v) is 14.2. The molecule has 0 amide bonds. The molecule has 0 unspecified atom stereocenters. The number of phenolic OH excluding ortho intramolecular Hbond substituents is 1. The minimum Gasteiger partial charge on any atom is -0.507 e. The molecule has 0 radical (unpaired) electrons. The molecule has 23 heavy (non-hydrogen) atoms. The summed E-state index contributed by atoms with van der Waals surface area (Å²) >= 11 is 0. The minimum absolute atomic E-state index is 0.0857. The summed E-state index contributed by atoms with van der Waals surface area (Å²) in [6.45, 7) is 8.93. The fourth-order valence-corrected chi connectivity index (χ4v) is 2.33. The van der Waals surface area contributed by atoms with Crippen molar-refractivity contribution < 1.29 is 24.3 Å². The Labute approximate surface area is 137 Å². The van der Waals surface area contributed by atoms with Gasteiger partial charge < -0.3 is 19.5 Å². The molecular weight excluding hydrogens is 295 g/mol. The van der Waals surface area contributed by atoms with E-state index in [9.17, 15) is 15.0 Å². The van der Waals surface area contributed by atoms with Gasteiger partial charge in [-0.15, -0.1) is 0 Å². The molecule has 0 bridgehead atoms. The number of carbonyl (C=O) groups excluding carboxylic acids is 1. The molecule has 0 saturated carbocycles. The van der Waals surface area contributed by atoms with E-state index in [1.165, 1.54) is 13.0 Å². The van der Waals surface area contributed by atoms with Crippen LogP contribution in [-0.2, 0) is 9.31 Å². The monoisotopic (exact) mass is 318 g/mol. The molecule has 0 spiro atoms. The van der Waals surface area contributed by atoms with Gasteiger partial charge in [0.15, 0.2) is 5.78 Å². The molecule has 1 aromatic rings. The van der Waals surface area contributed by atoms with Crippen molar-refractivity contribution in [1.29, 1.82) is 0 Å². The fraction of sp³-hybridized carbons (Fsp3) is 0.471. The Bertz CT molecular complexity index is 632. The van der Waals surface area contributed by atoms with Gasteiger partial charge in [-0.3, -0.25) is 4.79 Å². The molecule has 1 fully saturated rings. The fourth-order valence-electron chi connectivity index (χ4n) is 2.33. The molecule has 0 aromatic heterocycles. The number of Topliss-reactive ketones (excluding diaryl/α,β-unsaturated/α-hetero) is 1. The molecule has 0 atom stereocenters. The van der Waals surface area contributed by atoms with Crippen molar-refractivity contribution in [3.63, 3.8) is 0 Å². The minimum atomic E-state index is -0.653. The van der Waals surface area contributed by atoms with Crippen LogP contribution in [0.5, 0.6) is 5.75 Å². The van der Waals surface area contributed by atoms with E-state index in [-0.39, 0.29) is 23.7 Å². The lowest BCUT2D eigenvalue weighted by Gasteiger charge is -2.32. The Morgan fingerprint density at radius 1 is 1.22 bits per heavy atom. The summed E-state index contributed by atoms with van der Waals surface area (Å²) in [7, 11) is -0.653. The average molecular weight is 318 g/mol. The van der Waals surface area contributed by atoms with Crippen molar-refractivity contribution in [3.05, 3.63) is 34.8 Å². The SMILES string of the molecule is CC(=O)c1ccc(C=C(CO)B2OC(C)(C)C(C)(C)O2)cc1O. The van der Waals surface area contributed by atoms with Gasteiger partial charge in [-0.2, -0.15) is 0 Å². The molecule has 6 heteroatoms. The summed E-state index contributed by atoms with van der Waals surface area (Å²) in [4.78, 5) is 11.4. The first-order chi connectivity index (χ1) is 10.6. The maximum Gasteiger partial charge on any atom is 0.492 e. The number of ketones is 1. The van der Waals surface area contributed by atoms with Gasteiger partial charge in [0.1, 0.15) is 5.75 Å². The van der Waals surface area contributed by atoms with E-state index in [4.69, 9.17) is 9.31 Å². The summed E-state index contributed by atoms with van der Waals surface area (Å²) in [5.41, 5.74) is 0.493. The lowest BCUT2D eigenvalue weighted by molar-refractivity contribution is 0.00578. The lowest BCUT2D eigenvalue weighted by atomic mass is 9.77. The van der Waals surface area contributed by atoms with Gasteiger partial charge in [-0.25, -0.2) is 0 Å². The van der Waals surface area contributed by atoms with E-state index in [2.05, 4.69) is 0 Å². The molecule has 124 valence electrons. The first-order valence-corrected chi connectivity index (χ1v) is 7.58. The first kappa shape index (κ1) is 17.7. The topological polar surface area (TPSA) is 76.0 Å². The quantitative estimate of drug-likeness (QED) is 0.659. The highest BCUT2D eigenvalue weighted by Crippen LogP contribution is 2.38. The molecule has 5 nitrogen and oxygen atoms in total. The third-order valence-electron chi connectivity index (χ3n) is 4.49. The second-order valence-electron chi connectivity index (χ2n) is 6.80. The zero-order valence-electron chi connectivity index (χ0n) is 14.2. The van der Waals surface area contributed by atoms with Crippen LogP contribution >= 0.6 is 0 Å². The van der Waals surface area contributed by atoms with Crippen LogP contribution in [0.15, 0.2) is 23.7 Å². The highest BCUT2D eigenvalue weighted by molar-refractivity contribution is 6.55. The summed E-state index contributed by atoms with van der Waals surface area (Å²) in [5.74, 6) is -0.288. The third kappa shape index (κ3) is 3.49. The number of phenols is 1. The molecule has 1 heterocycles. The van der Waals surface area contributed by atoms with Crippen LogP contribution in [0, 0.1) is 0 Å². The van der Waals surface area contributed by atoms with Crippen LogP contribution in [-0.4, -0.2) is 40.9 Å². The molecule has 0 aliphatic carbocycles. The van der Waals surface area contributed by atoms with Crippen LogP contribution in [0.2, 0.25) is 0 Å². The Morgan fingerprint density at radius 2 is 1.78 bits per heavy atom. The van der Waals surface area contributed by atoms with E-state index in [1.807, 2.05) is 27.7 Å². The van der Waals surface area contributed by atoms with Crippen LogP contribution in [0.3, 0.4) is 0 Å². The second-order valence-corrected chi connectivity index (χ2v) is 6.80. The Morgan fingerprint density at radius 3 is 2.22 bits per heavy atom. The van der Waals surface area contributed by atoms with Crippen LogP contribution < -0.4 is 0 Å². The molecular formula is C17H23BO5. The van der Waals surface area contributed by atoms with Gasteiger partial charge >= 0.3 is 7.12 Å². The number of aliphatic hydroxyl groups excluding tert-OH is 1. The molecule has 1 aliphatic heterocycles. The smallest absolute Gasteiger partial charge is 0.492 e. The van der Waals surface area contributed by atoms with Crippen LogP contribution in [0.4, 0.5) is 0 Å². The molecule has 2 N–H and O–H groups in total. The van der Waals surface area contributed by atoms with Crippen molar-refractivity contribution in [1.82, 2.24) is 0 Å². The second kappa shape index (κ2) is 6.11. The summed E-state index contributed by atoms with van der Waals surface area (Å²) < 4.78 is 11.8. The highest BCUT2D eigenvalue weighted by atomic mass is 16.7. The van der Waals surface area contributed by atoms with E-state index >= 15 is 0 Å². The summed E-state index contributed by atoms with van der Waals surface area (Å²) in [6, 6.07) is 4.75. The molecule has 2 rings (SSSR count). The summed E-state index contributed by atoms with van der Waals surface area (Å²) in [6.07, 6.45) is 1.70. The van der Waals surface area contributed by atoms with E-state index < -0.39 is 18.3 Å². The standard InChI is InChI=1S/C17H23BO5/c1-11(20)14-7-6-12(9-15(14)21)8-13(10-19)18-22-16(2,3)17(4,5)23-18/h6-9,19,21H,10H2,1-5H3. The predicted octanol–water partition coefficient (Wildman–Crippen LogP) is 2.60. The van der Waals surface area contributed by atoms with E-state index in [0.29, 0.717) is 11.0 Å². The Hall–Kier alpha value is -1.63. The van der Waals surface area contributed by atoms with Gasteiger partial charge in [0, 0.05) is 0 Å². The average Bonchev–Trinajstić information content (AvgIpc) is 2.64. The van der Waals surface area contributed by atoms with Crippen LogP contribution in [0.1, 0.15) is 50.5 Å². The Kier molecular flexibility index (Phi) is 4.71. The predicted molar refractivity (Wildman–Crippen MR) is 89.3 cm³/mol. The normalized spacial score (nSPS) is 19.9. The van der Waals surface area contributed by atoms with E-state index in [1.54, 1.807) is 18.2 Å². The van der Waals surface area contributed by atoms with Gasteiger partial charge in [-0.1, -0.05) is 12.1 Å². The number of carbonyl (C=O) groups is 1. The van der Waals surface area contributed by atoms with Crippen molar-refractivity contribution in [2.24, 2.45) is 0 Å². The maximum atomic E-state index is 11.4. The van der Waals surface area contributed by atoms with Crippen molar-refractivity contribution in [3.8, 4) is 5.75 Å². The number of benzene rings is 1. The number of hydrogen-bond acceptors (Lipinski definition) is 5.